The van der Waals surface area contributed by atoms with E-state index in [4.69, 9.17) is 21.1 Å². The fourth-order valence-corrected chi connectivity index (χ4v) is 4.83. The number of amides is 2. The molecular formula is C26H38ClN3O5. The molecule has 2 aliphatic rings. The van der Waals surface area contributed by atoms with Crippen LogP contribution in [0.15, 0.2) is 24.3 Å². The van der Waals surface area contributed by atoms with Gasteiger partial charge < -0.3 is 25.0 Å². The number of likely N-dealkylation sites (tertiary alicyclic amines) is 1. The topological polar surface area (TPSA) is 97.0 Å². The fraction of sp³-hybridized carbons (Fsp3) is 0.654. The molecule has 0 saturated carbocycles. The molecule has 194 valence electrons. The van der Waals surface area contributed by atoms with Crippen molar-refractivity contribution < 1.29 is 23.9 Å². The minimum atomic E-state index is -0.786. The minimum absolute atomic E-state index is 0.0645. The average Bonchev–Trinajstić information content (AvgIpc) is 3.42. The first kappa shape index (κ1) is 27.4. The number of esters is 1. The van der Waals surface area contributed by atoms with Crippen LogP contribution in [0.1, 0.15) is 58.9 Å². The zero-order chi connectivity index (χ0) is 25.6. The number of hydrogen-bond acceptors (Lipinski definition) is 6. The predicted molar refractivity (Wildman–Crippen MR) is 134 cm³/mol. The van der Waals surface area contributed by atoms with Crippen molar-refractivity contribution in [1.29, 1.82) is 0 Å². The van der Waals surface area contributed by atoms with Crippen LogP contribution in [0.25, 0.3) is 0 Å². The Morgan fingerprint density at radius 1 is 1.29 bits per heavy atom. The molecule has 2 fully saturated rings. The summed E-state index contributed by atoms with van der Waals surface area (Å²) in [5, 5.41) is 7.03. The molecule has 9 heteroatoms. The standard InChI is InChI=1S/C26H38ClN3O5/c1-5-15-34-25-19(16-21(31)35-25)29-23(32)20-11-8-14-30(20)24(33)22(26(2,3)4)28-13-12-17-9-6-7-10-18(17)27/h6-7,9-10,19-20,22,25,28H,5,8,11-16H2,1-4H3,(H,29,32)/t19-,20-,22+,25+/m0/s1. The summed E-state index contributed by atoms with van der Waals surface area (Å²) in [4.78, 5) is 40.3. The molecule has 0 spiro atoms. The molecule has 2 N–H and O–H groups in total. The monoisotopic (exact) mass is 507 g/mol. The molecule has 35 heavy (non-hydrogen) atoms. The van der Waals surface area contributed by atoms with E-state index in [1.54, 1.807) is 4.90 Å². The van der Waals surface area contributed by atoms with Crippen LogP contribution in [0, 0.1) is 5.41 Å². The van der Waals surface area contributed by atoms with Crippen LogP contribution in [0.5, 0.6) is 0 Å². The van der Waals surface area contributed by atoms with Crippen molar-refractivity contribution in [3.05, 3.63) is 34.9 Å². The molecule has 3 rings (SSSR count). The average molecular weight is 508 g/mol. The quantitative estimate of drug-likeness (QED) is 0.472. The van der Waals surface area contributed by atoms with E-state index < -0.39 is 30.4 Å². The minimum Gasteiger partial charge on any atom is -0.433 e. The third-order valence-corrected chi connectivity index (χ3v) is 6.80. The first-order valence-electron chi connectivity index (χ1n) is 12.5. The number of benzene rings is 1. The third-order valence-electron chi connectivity index (χ3n) is 6.43. The third kappa shape index (κ3) is 7.18. The molecule has 8 nitrogen and oxygen atoms in total. The summed E-state index contributed by atoms with van der Waals surface area (Å²) in [5.74, 6) is -0.758. The second kappa shape index (κ2) is 12.2. The van der Waals surface area contributed by atoms with E-state index in [0.717, 1.165) is 18.4 Å². The van der Waals surface area contributed by atoms with Crippen LogP contribution in [-0.4, -0.2) is 66.8 Å². The zero-order valence-electron chi connectivity index (χ0n) is 21.1. The number of nitrogens with one attached hydrogen (secondary N) is 2. The van der Waals surface area contributed by atoms with Gasteiger partial charge in [-0.2, -0.15) is 0 Å². The van der Waals surface area contributed by atoms with Gasteiger partial charge in [0.05, 0.1) is 19.1 Å². The molecule has 0 aliphatic carbocycles. The second-order valence-corrected chi connectivity index (χ2v) is 10.7. The summed E-state index contributed by atoms with van der Waals surface area (Å²) < 4.78 is 10.8. The Labute approximate surface area is 213 Å². The molecule has 2 saturated heterocycles. The Hall–Kier alpha value is -2.16. The lowest BCUT2D eigenvalue weighted by Gasteiger charge is -2.36. The van der Waals surface area contributed by atoms with Crippen LogP contribution in [0.3, 0.4) is 0 Å². The zero-order valence-corrected chi connectivity index (χ0v) is 21.9. The van der Waals surface area contributed by atoms with Gasteiger partial charge in [-0.25, -0.2) is 0 Å². The van der Waals surface area contributed by atoms with Gasteiger partial charge in [0, 0.05) is 11.6 Å². The molecule has 4 atom stereocenters. The Balaban J connectivity index is 1.64. The van der Waals surface area contributed by atoms with Crippen LogP contribution < -0.4 is 10.6 Å². The van der Waals surface area contributed by atoms with Crippen molar-refractivity contribution in [2.24, 2.45) is 5.41 Å². The van der Waals surface area contributed by atoms with Gasteiger partial charge in [-0.1, -0.05) is 57.5 Å². The lowest BCUT2D eigenvalue weighted by atomic mass is 9.85. The van der Waals surface area contributed by atoms with Crippen molar-refractivity contribution >= 4 is 29.4 Å². The second-order valence-electron chi connectivity index (χ2n) is 10.3. The maximum absolute atomic E-state index is 13.7. The number of ether oxygens (including phenoxy) is 2. The summed E-state index contributed by atoms with van der Waals surface area (Å²) >= 11 is 6.28. The van der Waals surface area contributed by atoms with E-state index >= 15 is 0 Å². The smallest absolute Gasteiger partial charge is 0.310 e. The highest BCUT2D eigenvalue weighted by Gasteiger charge is 2.43. The molecule has 1 aromatic carbocycles. The van der Waals surface area contributed by atoms with Gasteiger partial charge in [-0.15, -0.1) is 0 Å². The first-order valence-corrected chi connectivity index (χ1v) is 12.9. The molecule has 0 bridgehead atoms. The Bertz CT molecular complexity index is 903. The normalized spacial score (nSPS) is 23.3. The molecule has 2 amide bonds. The van der Waals surface area contributed by atoms with Gasteiger partial charge in [0.2, 0.25) is 18.1 Å². The Kier molecular flexibility index (Phi) is 9.55. The number of carbonyl (C=O) groups excluding carboxylic acids is 3. The number of hydrogen-bond donors (Lipinski definition) is 2. The highest BCUT2D eigenvalue weighted by atomic mass is 35.5. The van der Waals surface area contributed by atoms with E-state index in [0.29, 0.717) is 37.6 Å². The van der Waals surface area contributed by atoms with Crippen LogP contribution in [-0.2, 0) is 30.3 Å². The van der Waals surface area contributed by atoms with Gasteiger partial charge >= 0.3 is 5.97 Å². The molecular weight excluding hydrogens is 470 g/mol. The number of nitrogens with zero attached hydrogens (tertiary/aromatic N) is 1. The van der Waals surface area contributed by atoms with E-state index in [1.807, 2.05) is 52.0 Å². The first-order chi connectivity index (χ1) is 16.6. The summed E-state index contributed by atoms with van der Waals surface area (Å²) in [6.07, 6.45) is 2.07. The number of rotatable bonds is 10. The summed E-state index contributed by atoms with van der Waals surface area (Å²) in [6.45, 7) is 9.54. The Morgan fingerprint density at radius 2 is 2.03 bits per heavy atom. The van der Waals surface area contributed by atoms with Gasteiger partial charge in [0.1, 0.15) is 12.1 Å². The highest BCUT2D eigenvalue weighted by molar-refractivity contribution is 6.31. The van der Waals surface area contributed by atoms with Crippen LogP contribution in [0.4, 0.5) is 0 Å². The maximum Gasteiger partial charge on any atom is 0.310 e. The van der Waals surface area contributed by atoms with E-state index in [9.17, 15) is 14.4 Å². The molecule has 0 radical (unpaired) electrons. The summed E-state index contributed by atoms with van der Waals surface area (Å²) in [7, 11) is 0. The maximum atomic E-state index is 13.7. The van der Waals surface area contributed by atoms with Crippen molar-refractivity contribution in [3.63, 3.8) is 0 Å². The fourth-order valence-electron chi connectivity index (χ4n) is 4.60. The molecule has 0 aromatic heterocycles. The van der Waals surface area contributed by atoms with Crippen molar-refractivity contribution in [1.82, 2.24) is 15.5 Å². The molecule has 1 aromatic rings. The van der Waals surface area contributed by atoms with E-state index in [2.05, 4.69) is 10.6 Å². The van der Waals surface area contributed by atoms with Gasteiger partial charge in [0.25, 0.3) is 0 Å². The number of cyclic esters (lactones) is 1. The summed E-state index contributed by atoms with van der Waals surface area (Å²) in [6, 6.07) is 6.08. The predicted octanol–water partition coefficient (Wildman–Crippen LogP) is 3.06. The van der Waals surface area contributed by atoms with Gasteiger partial charge in [0.15, 0.2) is 0 Å². The van der Waals surface area contributed by atoms with Crippen LogP contribution >= 0.6 is 11.6 Å². The van der Waals surface area contributed by atoms with Crippen molar-refractivity contribution in [2.75, 3.05) is 19.7 Å². The van der Waals surface area contributed by atoms with Crippen molar-refractivity contribution in [2.45, 2.75) is 84.2 Å². The molecule has 2 heterocycles. The molecule has 2 aliphatic heterocycles. The van der Waals surface area contributed by atoms with Crippen LogP contribution in [0.2, 0.25) is 5.02 Å². The van der Waals surface area contributed by atoms with Crippen molar-refractivity contribution in [3.8, 4) is 0 Å². The van der Waals surface area contributed by atoms with Gasteiger partial charge in [-0.3, -0.25) is 14.4 Å². The number of carbonyl (C=O) groups is 3. The highest BCUT2D eigenvalue weighted by Crippen LogP contribution is 2.27. The lowest BCUT2D eigenvalue weighted by molar-refractivity contribution is -0.165. The summed E-state index contributed by atoms with van der Waals surface area (Å²) in [5.41, 5.74) is 0.666. The lowest BCUT2D eigenvalue weighted by Crippen LogP contribution is -2.57. The Morgan fingerprint density at radius 3 is 2.71 bits per heavy atom. The molecule has 0 unspecified atom stereocenters. The van der Waals surface area contributed by atoms with E-state index in [1.165, 1.54) is 0 Å². The van der Waals surface area contributed by atoms with E-state index in [-0.39, 0.29) is 23.7 Å². The largest absolute Gasteiger partial charge is 0.433 e. The van der Waals surface area contributed by atoms with Gasteiger partial charge in [-0.05, 0) is 49.3 Å². The number of halogens is 1. The SMILES string of the molecule is CCCO[C@@H]1OC(=O)C[C@@H]1NC(=O)[C@@H]1CCCN1C(=O)[C@@H](NCCc1ccccc1Cl)C(C)(C)C.